The molecule has 1 heterocycles. The zero-order chi connectivity index (χ0) is 16.0. The molecule has 1 rings (SSSR count). The van der Waals surface area contributed by atoms with E-state index >= 15 is 0 Å². The number of rotatable bonds is 6. The van der Waals surface area contributed by atoms with Gasteiger partial charge in [0.05, 0.1) is 12.2 Å². The fourth-order valence-electron chi connectivity index (χ4n) is 2.72. The van der Waals surface area contributed by atoms with Gasteiger partial charge in [-0.1, -0.05) is 45.4 Å². The first-order chi connectivity index (χ1) is 9.76. The first kappa shape index (κ1) is 17.9. The molecular formula is C17H29NO3. The monoisotopic (exact) mass is 295 g/mol. The van der Waals surface area contributed by atoms with Crippen LogP contribution in [-0.4, -0.2) is 23.9 Å². The number of carbonyl (C=O) groups excluding carboxylic acids is 1. The maximum Gasteiger partial charge on any atom is 0.241 e. The second-order valence-electron chi connectivity index (χ2n) is 6.31. The van der Waals surface area contributed by atoms with Crippen molar-refractivity contribution in [2.75, 3.05) is 0 Å². The van der Waals surface area contributed by atoms with E-state index in [2.05, 4.69) is 20.8 Å². The zero-order valence-corrected chi connectivity index (χ0v) is 13.8. The Labute approximate surface area is 128 Å². The Morgan fingerprint density at radius 3 is 2.57 bits per heavy atom. The van der Waals surface area contributed by atoms with Gasteiger partial charge in [-0.15, -0.1) is 0 Å². The van der Waals surface area contributed by atoms with Gasteiger partial charge < -0.3 is 15.2 Å². The number of nitrogens with two attached hydrogens (primary N) is 1. The molecule has 0 saturated carbocycles. The summed E-state index contributed by atoms with van der Waals surface area (Å²) in [6.45, 7) is 10.5. The van der Waals surface area contributed by atoms with E-state index in [9.17, 15) is 4.79 Å². The summed E-state index contributed by atoms with van der Waals surface area (Å²) in [5, 5.41) is 0. The lowest BCUT2D eigenvalue weighted by atomic mass is 9.85. The molecule has 0 unspecified atom stereocenters. The minimum absolute atomic E-state index is 0.117. The van der Waals surface area contributed by atoms with E-state index in [4.69, 9.17) is 15.2 Å². The van der Waals surface area contributed by atoms with E-state index in [1.807, 2.05) is 26.0 Å². The highest BCUT2D eigenvalue weighted by Gasteiger charge is 2.41. The molecule has 2 N–H and O–H groups in total. The molecule has 0 aliphatic carbocycles. The van der Waals surface area contributed by atoms with Crippen LogP contribution < -0.4 is 5.73 Å². The number of amides is 1. The summed E-state index contributed by atoms with van der Waals surface area (Å²) in [6.07, 6.45) is 9.06. The Bertz CT molecular complexity index is 401. The first-order valence-corrected chi connectivity index (χ1v) is 7.75. The van der Waals surface area contributed by atoms with Crippen molar-refractivity contribution >= 4 is 5.91 Å². The molecule has 1 fully saturated rings. The molecule has 0 bridgehead atoms. The van der Waals surface area contributed by atoms with E-state index in [1.165, 1.54) is 6.08 Å². The van der Waals surface area contributed by atoms with Crippen molar-refractivity contribution in [3.05, 3.63) is 24.3 Å². The standard InChI is InChI=1S/C17H29NO3/c1-6-12(2)16-13(3)14(20-17(4,5)21-16)10-8-7-9-11-15(18)19/h7-9,11-14,16H,6,10H2,1-5H3,(H2,18,19)/t12-,13-,14-,16+/m0/s1. The number of ether oxygens (including phenoxy) is 2. The number of hydrogen-bond donors (Lipinski definition) is 1. The largest absolute Gasteiger partial charge is 0.366 e. The SMILES string of the molecule is CC[C@H](C)[C@H]1OC(C)(C)O[C@@H](CC=CC=CC(N)=O)[C@@H]1C. The summed E-state index contributed by atoms with van der Waals surface area (Å²) in [5.41, 5.74) is 5.04. The molecule has 120 valence electrons. The van der Waals surface area contributed by atoms with Gasteiger partial charge in [0.2, 0.25) is 5.91 Å². The predicted molar refractivity (Wildman–Crippen MR) is 84.5 cm³/mol. The molecule has 0 radical (unpaired) electrons. The van der Waals surface area contributed by atoms with Crippen LogP contribution in [0.15, 0.2) is 24.3 Å². The van der Waals surface area contributed by atoms with Gasteiger partial charge in [-0.25, -0.2) is 0 Å². The minimum atomic E-state index is -0.553. The highest BCUT2D eigenvalue weighted by molar-refractivity contribution is 5.85. The smallest absolute Gasteiger partial charge is 0.241 e. The van der Waals surface area contributed by atoms with Gasteiger partial charge in [0, 0.05) is 12.0 Å². The summed E-state index contributed by atoms with van der Waals surface area (Å²) in [7, 11) is 0. The molecule has 1 aliphatic rings. The summed E-state index contributed by atoms with van der Waals surface area (Å²) in [4.78, 5) is 10.6. The molecular weight excluding hydrogens is 266 g/mol. The molecule has 1 saturated heterocycles. The Kier molecular flexibility index (Phi) is 6.62. The van der Waals surface area contributed by atoms with E-state index in [1.54, 1.807) is 6.08 Å². The van der Waals surface area contributed by atoms with E-state index < -0.39 is 11.7 Å². The van der Waals surface area contributed by atoms with Gasteiger partial charge >= 0.3 is 0 Å². The molecule has 21 heavy (non-hydrogen) atoms. The molecule has 4 nitrogen and oxygen atoms in total. The summed E-state index contributed by atoms with van der Waals surface area (Å²) >= 11 is 0. The second kappa shape index (κ2) is 7.76. The van der Waals surface area contributed by atoms with Crippen molar-refractivity contribution in [1.82, 2.24) is 0 Å². The molecule has 0 aromatic heterocycles. The summed E-state index contributed by atoms with van der Waals surface area (Å²) in [6, 6.07) is 0. The van der Waals surface area contributed by atoms with Crippen LogP contribution in [0, 0.1) is 11.8 Å². The van der Waals surface area contributed by atoms with E-state index in [0.29, 0.717) is 11.8 Å². The average Bonchev–Trinajstić information content (AvgIpc) is 2.40. The Hall–Kier alpha value is -1.13. The topological polar surface area (TPSA) is 61.6 Å². The Balaban J connectivity index is 2.69. The van der Waals surface area contributed by atoms with Crippen LogP contribution in [0.2, 0.25) is 0 Å². The first-order valence-electron chi connectivity index (χ1n) is 7.75. The van der Waals surface area contributed by atoms with Gasteiger partial charge in [0.1, 0.15) is 0 Å². The minimum Gasteiger partial charge on any atom is -0.366 e. The Morgan fingerprint density at radius 1 is 1.33 bits per heavy atom. The fourth-order valence-corrected chi connectivity index (χ4v) is 2.72. The molecule has 4 atom stereocenters. The lowest BCUT2D eigenvalue weighted by molar-refractivity contribution is -0.326. The lowest BCUT2D eigenvalue weighted by Gasteiger charge is -2.46. The van der Waals surface area contributed by atoms with E-state index in [0.717, 1.165) is 12.8 Å². The summed E-state index contributed by atoms with van der Waals surface area (Å²) < 4.78 is 12.2. The van der Waals surface area contributed by atoms with Crippen molar-refractivity contribution in [2.45, 2.75) is 65.5 Å². The van der Waals surface area contributed by atoms with Crippen LogP contribution in [0.25, 0.3) is 0 Å². The summed E-state index contributed by atoms with van der Waals surface area (Å²) in [5.74, 6) is -0.155. The maximum atomic E-state index is 10.6. The van der Waals surface area contributed by atoms with Crippen molar-refractivity contribution in [2.24, 2.45) is 17.6 Å². The lowest BCUT2D eigenvalue weighted by Crippen LogP contribution is -2.52. The van der Waals surface area contributed by atoms with Crippen molar-refractivity contribution < 1.29 is 14.3 Å². The maximum absolute atomic E-state index is 10.6. The number of allylic oxidation sites excluding steroid dienone is 2. The third-order valence-corrected chi connectivity index (χ3v) is 4.04. The van der Waals surface area contributed by atoms with Crippen molar-refractivity contribution in [3.63, 3.8) is 0 Å². The molecule has 4 heteroatoms. The normalized spacial score (nSPS) is 30.8. The zero-order valence-electron chi connectivity index (χ0n) is 13.8. The van der Waals surface area contributed by atoms with Crippen LogP contribution in [0.5, 0.6) is 0 Å². The van der Waals surface area contributed by atoms with Gasteiger partial charge in [0.15, 0.2) is 5.79 Å². The highest BCUT2D eigenvalue weighted by Crippen LogP contribution is 2.36. The van der Waals surface area contributed by atoms with Gasteiger partial charge in [-0.2, -0.15) is 0 Å². The van der Waals surface area contributed by atoms with Crippen molar-refractivity contribution in [3.8, 4) is 0 Å². The molecule has 1 aliphatic heterocycles. The van der Waals surface area contributed by atoms with Crippen LogP contribution in [0.3, 0.4) is 0 Å². The van der Waals surface area contributed by atoms with Crippen LogP contribution in [0.1, 0.15) is 47.5 Å². The third-order valence-electron chi connectivity index (χ3n) is 4.04. The Morgan fingerprint density at radius 2 is 2.00 bits per heavy atom. The molecule has 0 aromatic rings. The number of carbonyl (C=O) groups is 1. The van der Waals surface area contributed by atoms with Crippen molar-refractivity contribution in [1.29, 1.82) is 0 Å². The van der Waals surface area contributed by atoms with Crippen LogP contribution in [-0.2, 0) is 14.3 Å². The molecule has 1 amide bonds. The number of primary amides is 1. The molecule has 0 spiro atoms. The number of hydrogen-bond acceptors (Lipinski definition) is 3. The van der Waals surface area contributed by atoms with Gasteiger partial charge in [-0.3, -0.25) is 4.79 Å². The third kappa shape index (κ3) is 5.64. The second-order valence-corrected chi connectivity index (χ2v) is 6.31. The predicted octanol–water partition coefficient (Wildman–Crippen LogP) is 3.18. The average molecular weight is 295 g/mol. The molecule has 0 aromatic carbocycles. The quantitative estimate of drug-likeness (QED) is 0.604. The van der Waals surface area contributed by atoms with Gasteiger partial charge in [-0.05, 0) is 26.2 Å². The van der Waals surface area contributed by atoms with Gasteiger partial charge in [0.25, 0.3) is 0 Å². The van der Waals surface area contributed by atoms with Crippen LogP contribution in [0.4, 0.5) is 0 Å². The fraction of sp³-hybridized carbons (Fsp3) is 0.706. The van der Waals surface area contributed by atoms with E-state index in [-0.39, 0.29) is 12.2 Å². The van der Waals surface area contributed by atoms with Crippen LogP contribution >= 0.6 is 0 Å². The highest BCUT2D eigenvalue weighted by atomic mass is 16.7.